The highest BCUT2D eigenvalue weighted by molar-refractivity contribution is 7.89. The molecule has 1 amide bonds. The van der Waals surface area contributed by atoms with Gasteiger partial charge in [-0.25, -0.2) is 13.1 Å². The molecule has 0 saturated heterocycles. The van der Waals surface area contributed by atoms with Crippen LogP contribution in [0.3, 0.4) is 0 Å². The van der Waals surface area contributed by atoms with E-state index >= 15 is 0 Å². The number of hydrogen-bond acceptors (Lipinski definition) is 3. The van der Waals surface area contributed by atoms with Gasteiger partial charge >= 0.3 is 6.18 Å². The molecule has 0 aliphatic rings. The van der Waals surface area contributed by atoms with Gasteiger partial charge in [0.15, 0.2) is 0 Å². The average molecular weight is 386 g/mol. The van der Waals surface area contributed by atoms with E-state index in [1.54, 1.807) is 12.1 Å². The van der Waals surface area contributed by atoms with E-state index in [0.29, 0.717) is 5.69 Å². The highest BCUT2D eigenvalue weighted by Gasteiger charge is 2.30. The Bertz CT molecular complexity index is 925. The van der Waals surface area contributed by atoms with Gasteiger partial charge in [-0.15, -0.1) is 0 Å². The first-order valence-electron chi connectivity index (χ1n) is 7.53. The number of carbonyl (C=O) groups is 1. The molecule has 0 aliphatic carbocycles. The minimum absolute atomic E-state index is 0.0121. The topological polar surface area (TPSA) is 75.3 Å². The van der Waals surface area contributed by atoms with Crippen LogP contribution < -0.4 is 10.0 Å². The van der Waals surface area contributed by atoms with Crippen molar-refractivity contribution in [2.75, 3.05) is 11.9 Å². The lowest BCUT2D eigenvalue weighted by atomic mass is 10.1. The zero-order valence-corrected chi connectivity index (χ0v) is 14.8. The number of amides is 1. The van der Waals surface area contributed by atoms with Crippen molar-refractivity contribution in [1.82, 2.24) is 4.72 Å². The Labute approximate surface area is 149 Å². The van der Waals surface area contributed by atoms with E-state index < -0.39 is 33.5 Å². The maximum absolute atomic E-state index is 12.3. The molecule has 2 aromatic rings. The number of aryl methyl sites for hydroxylation is 2. The Morgan fingerprint density at radius 1 is 1.04 bits per heavy atom. The van der Waals surface area contributed by atoms with Gasteiger partial charge in [0.05, 0.1) is 4.90 Å². The molecule has 0 fully saturated rings. The summed E-state index contributed by atoms with van der Waals surface area (Å²) in [6, 6.07) is 10.1. The fourth-order valence-corrected chi connectivity index (χ4v) is 3.15. The maximum atomic E-state index is 12.3. The lowest BCUT2D eigenvalue weighted by Gasteiger charge is -2.11. The van der Waals surface area contributed by atoms with Crippen LogP contribution in [0.1, 0.15) is 21.5 Å². The second-order valence-corrected chi connectivity index (χ2v) is 7.49. The summed E-state index contributed by atoms with van der Waals surface area (Å²) in [7, 11) is -4.38. The van der Waals surface area contributed by atoms with Crippen LogP contribution in [-0.4, -0.2) is 27.0 Å². The summed E-state index contributed by atoms with van der Waals surface area (Å²) >= 11 is 0. The fraction of sp³-hybridized carbons (Fsp3) is 0.235. The summed E-state index contributed by atoms with van der Waals surface area (Å²) in [5.74, 6) is -0.568. The maximum Gasteiger partial charge on any atom is 0.402 e. The molecule has 5 nitrogen and oxygen atoms in total. The van der Waals surface area contributed by atoms with Gasteiger partial charge in [0, 0.05) is 11.3 Å². The van der Waals surface area contributed by atoms with Crippen molar-refractivity contribution in [1.29, 1.82) is 0 Å². The molecule has 0 radical (unpaired) electrons. The van der Waals surface area contributed by atoms with Crippen LogP contribution >= 0.6 is 0 Å². The van der Waals surface area contributed by atoms with Crippen LogP contribution in [0, 0.1) is 13.8 Å². The second kappa shape index (κ2) is 7.46. The van der Waals surface area contributed by atoms with E-state index in [1.807, 2.05) is 19.9 Å². The molecule has 0 heterocycles. The standard InChI is InChI=1S/C17H17F3N2O3S/c1-11-6-7-14(8-12(11)2)22-16(23)13-4-3-5-15(9-13)26(24,25)21-10-17(18,19)20/h3-9,21H,10H2,1-2H3,(H,22,23). The van der Waals surface area contributed by atoms with Gasteiger partial charge < -0.3 is 5.32 Å². The largest absolute Gasteiger partial charge is 0.402 e. The number of benzene rings is 2. The van der Waals surface area contributed by atoms with Gasteiger partial charge in [-0.2, -0.15) is 13.2 Å². The normalized spacial score (nSPS) is 12.0. The predicted molar refractivity (Wildman–Crippen MR) is 91.6 cm³/mol. The van der Waals surface area contributed by atoms with Crippen molar-refractivity contribution in [2.45, 2.75) is 24.9 Å². The highest BCUT2D eigenvalue weighted by atomic mass is 32.2. The fourth-order valence-electron chi connectivity index (χ4n) is 2.09. The van der Waals surface area contributed by atoms with E-state index in [4.69, 9.17) is 0 Å². The third-order valence-electron chi connectivity index (χ3n) is 3.63. The number of hydrogen-bond donors (Lipinski definition) is 2. The molecule has 9 heteroatoms. The van der Waals surface area contributed by atoms with Crippen molar-refractivity contribution in [2.24, 2.45) is 0 Å². The summed E-state index contributed by atoms with van der Waals surface area (Å²) in [6.45, 7) is 2.11. The minimum atomic E-state index is -4.68. The number of sulfonamides is 1. The Kier molecular flexibility index (Phi) is 5.72. The Morgan fingerprint density at radius 3 is 2.35 bits per heavy atom. The first kappa shape index (κ1) is 19.9. The lowest BCUT2D eigenvalue weighted by Crippen LogP contribution is -2.33. The van der Waals surface area contributed by atoms with Crippen molar-refractivity contribution in [3.63, 3.8) is 0 Å². The molecule has 0 aliphatic heterocycles. The molecule has 0 unspecified atom stereocenters. The number of nitrogens with one attached hydrogen (secondary N) is 2. The molecular formula is C17H17F3N2O3S. The van der Waals surface area contributed by atoms with Gasteiger partial charge in [0.25, 0.3) is 5.91 Å². The molecule has 0 saturated carbocycles. The van der Waals surface area contributed by atoms with Crippen LogP contribution in [-0.2, 0) is 10.0 Å². The molecule has 0 spiro atoms. The smallest absolute Gasteiger partial charge is 0.322 e. The van der Waals surface area contributed by atoms with Gasteiger partial charge in [-0.05, 0) is 55.3 Å². The molecule has 0 aromatic heterocycles. The van der Waals surface area contributed by atoms with Crippen LogP contribution in [0.15, 0.2) is 47.4 Å². The van der Waals surface area contributed by atoms with Gasteiger partial charge in [-0.1, -0.05) is 12.1 Å². The quantitative estimate of drug-likeness (QED) is 0.827. The molecule has 0 bridgehead atoms. The molecule has 26 heavy (non-hydrogen) atoms. The first-order valence-corrected chi connectivity index (χ1v) is 9.01. The number of halogens is 3. The molecule has 140 valence electrons. The first-order chi connectivity index (χ1) is 12.0. The number of carbonyl (C=O) groups excluding carboxylic acids is 1. The van der Waals surface area contributed by atoms with Crippen molar-refractivity contribution in [3.05, 3.63) is 59.2 Å². The summed E-state index contributed by atoms with van der Waals surface area (Å²) in [5.41, 5.74) is 2.56. The Morgan fingerprint density at radius 2 is 1.73 bits per heavy atom. The number of anilines is 1. The van der Waals surface area contributed by atoms with Crippen LogP contribution in [0.4, 0.5) is 18.9 Å². The van der Waals surface area contributed by atoms with Crippen molar-refractivity contribution >= 4 is 21.6 Å². The van der Waals surface area contributed by atoms with E-state index in [9.17, 15) is 26.4 Å². The second-order valence-electron chi connectivity index (χ2n) is 5.72. The van der Waals surface area contributed by atoms with E-state index in [1.165, 1.54) is 16.9 Å². The third kappa shape index (κ3) is 5.30. The molecule has 0 atom stereocenters. The molecular weight excluding hydrogens is 369 g/mol. The van der Waals surface area contributed by atoms with Gasteiger partial charge in [0.1, 0.15) is 6.54 Å². The SMILES string of the molecule is Cc1ccc(NC(=O)c2cccc(S(=O)(=O)NCC(F)(F)F)c2)cc1C. The summed E-state index contributed by atoms with van der Waals surface area (Å²) in [4.78, 5) is 11.9. The average Bonchev–Trinajstić information content (AvgIpc) is 2.56. The minimum Gasteiger partial charge on any atom is -0.322 e. The predicted octanol–water partition coefficient (Wildman–Crippen LogP) is 3.40. The van der Waals surface area contributed by atoms with E-state index in [-0.39, 0.29) is 5.56 Å². The van der Waals surface area contributed by atoms with E-state index in [0.717, 1.165) is 23.3 Å². The summed E-state index contributed by atoms with van der Waals surface area (Å²) < 4.78 is 62.0. The van der Waals surface area contributed by atoms with Crippen LogP contribution in [0.25, 0.3) is 0 Å². The Balaban J connectivity index is 2.19. The van der Waals surface area contributed by atoms with Crippen molar-refractivity contribution < 1.29 is 26.4 Å². The molecule has 2 N–H and O–H groups in total. The van der Waals surface area contributed by atoms with Gasteiger partial charge in [0.2, 0.25) is 10.0 Å². The summed E-state index contributed by atoms with van der Waals surface area (Å²) in [5, 5.41) is 2.63. The zero-order valence-electron chi connectivity index (χ0n) is 14.0. The zero-order chi connectivity index (χ0) is 19.5. The van der Waals surface area contributed by atoms with Crippen LogP contribution in [0.5, 0.6) is 0 Å². The van der Waals surface area contributed by atoms with Crippen molar-refractivity contribution in [3.8, 4) is 0 Å². The lowest BCUT2D eigenvalue weighted by molar-refractivity contribution is -0.121. The van der Waals surface area contributed by atoms with Gasteiger partial charge in [-0.3, -0.25) is 4.79 Å². The Hall–Kier alpha value is -2.39. The summed E-state index contributed by atoms with van der Waals surface area (Å²) in [6.07, 6.45) is -4.68. The van der Waals surface area contributed by atoms with E-state index in [2.05, 4.69) is 5.32 Å². The number of alkyl halides is 3. The molecule has 2 aromatic carbocycles. The van der Waals surface area contributed by atoms with Crippen LogP contribution in [0.2, 0.25) is 0 Å². The highest BCUT2D eigenvalue weighted by Crippen LogP contribution is 2.18. The molecule has 2 rings (SSSR count). The third-order valence-corrected chi connectivity index (χ3v) is 5.03. The number of rotatable bonds is 5. The monoisotopic (exact) mass is 386 g/mol.